The van der Waals surface area contributed by atoms with Crippen LogP contribution in [0.4, 0.5) is 5.69 Å². The fourth-order valence-electron chi connectivity index (χ4n) is 1.32. The molecule has 0 unspecified atom stereocenters. The van der Waals surface area contributed by atoms with E-state index in [-0.39, 0.29) is 0 Å². The number of hydrogen-bond acceptors (Lipinski definition) is 3. The molecule has 2 N–H and O–H groups in total. The van der Waals surface area contributed by atoms with E-state index in [0.29, 0.717) is 11.6 Å². The average molecular weight is 282 g/mol. The summed E-state index contributed by atoms with van der Waals surface area (Å²) >= 11 is 3.39. The molecule has 0 aliphatic heterocycles. The number of hydrogen-bond donors (Lipinski definition) is 2. The topological polar surface area (TPSA) is 47.8 Å². The van der Waals surface area contributed by atoms with Gasteiger partial charge >= 0.3 is 0 Å². The molecule has 0 radical (unpaired) electrons. The molecular formula is C12H16BrN3. The summed E-state index contributed by atoms with van der Waals surface area (Å²) in [5.74, 6) is 0. The van der Waals surface area contributed by atoms with Gasteiger partial charge < -0.3 is 10.6 Å². The van der Waals surface area contributed by atoms with Crippen molar-refractivity contribution < 1.29 is 0 Å². The van der Waals surface area contributed by atoms with Crippen LogP contribution in [0, 0.1) is 11.3 Å². The summed E-state index contributed by atoms with van der Waals surface area (Å²) in [5, 5.41) is 15.5. The Hall–Kier alpha value is -1.05. The molecule has 0 bridgehead atoms. The summed E-state index contributed by atoms with van der Waals surface area (Å²) in [6.07, 6.45) is 0. The minimum atomic E-state index is 0.486. The molecular weight excluding hydrogens is 266 g/mol. The lowest BCUT2D eigenvalue weighted by Crippen LogP contribution is -2.28. The normalized spacial score (nSPS) is 10.2. The largest absolute Gasteiger partial charge is 0.383 e. The van der Waals surface area contributed by atoms with E-state index < -0.39 is 0 Å². The Morgan fingerprint density at radius 3 is 2.75 bits per heavy atom. The number of halogens is 1. The highest BCUT2D eigenvalue weighted by Gasteiger charge is 2.01. The van der Waals surface area contributed by atoms with Crippen LogP contribution < -0.4 is 10.6 Å². The highest BCUT2D eigenvalue weighted by molar-refractivity contribution is 9.10. The minimum absolute atomic E-state index is 0.486. The highest BCUT2D eigenvalue weighted by atomic mass is 79.9. The van der Waals surface area contributed by atoms with Crippen molar-refractivity contribution in [2.24, 2.45) is 0 Å². The van der Waals surface area contributed by atoms with Gasteiger partial charge in [0.25, 0.3) is 0 Å². The SMILES string of the molecule is CC(C)NCCNc1cc(Br)ccc1C#N. The van der Waals surface area contributed by atoms with Crippen molar-refractivity contribution in [2.45, 2.75) is 19.9 Å². The monoisotopic (exact) mass is 281 g/mol. The Morgan fingerprint density at radius 2 is 2.12 bits per heavy atom. The summed E-state index contributed by atoms with van der Waals surface area (Å²) in [7, 11) is 0. The number of anilines is 1. The fourth-order valence-corrected chi connectivity index (χ4v) is 1.68. The molecule has 0 aliphatic rings. The maximum absolute atomic E-state index is 8.93. The second-order valence-corrected chi connectivity index (χ2v) is 4.75. The quantitative estimate of drug-likeness (QED) is 0.816. The molecule has 86 valence electrons. The molecule has 0 heterocycles. The van der Waals surface area contributed by atoms with Gasteiger partial charge in [-0.1, -0.05) is 29.8 Å². The molecule has 16 heavy (non-hydrogen) atoms. The van der Waals surface area contributed by atoms with Crippen molar-refractivity contribution in [1.29, 1.82) is 5.26 Å². The first-order valence-electron chi connectivity index (χ1n) is 5.30. The second-order valence-electron chi connectivity index (χ2n) is 3.84. The standard InChI is InChI=1S/C12H16BrN3/c1-9(2)15-5-6-16-12-7-11(13)4-3-10(12)8-14/h3-4,7,9,15-16H,5-6H2,1-2H3. The van der Waals surface area contributed by atoms with E-state index >= 15 is 0 Å². The smallest absolute Gasteiger partial charge is 0.101 e. The van der Waals surface area contributed by atoms with Crippen molar-refractivity contribution in [1.82, 2.24) is 5.32 Å². The first-order chi connectivity index (χ1) is 7.63. The number of benzene rings is 1. The van der Waals surface area contributed by atoms with E-state index in [1.54, 1.807) is 0 Å². The lowest BCUT2D eigenvalue weighted by atomic mass is 10.2. The third-order valence-corrected chi connectivity index (χ3v) is 2.59. The van der Waals surface area contributed by atoms with Gasteiger partial charge in [0.15, 0.2) is 0 Å². The number of rotatable bonds is 5. The van der Waals surface area contributed by atoms with Crippen LogP contribution in [0.1, 0.15) is 19.4 Å². The van der Waals surface area contributed by atoms with Crippen LogP contribution in [0.15, 0.2) is 22.7 Å². The zero-order valence-electron chi connectivity index (χ0n) is 9.55. The minimum Gasteiger partial charge on any atom is -0.383 e. The molecule has 0 amide bonds. The molecule has 0 aliphatic carbocycles. The Morgan fingerprint density at radius 1 is 1.38 bits per heavy atom. The Balaban J connectivity index is 2.53. The van der Waals surface area contributed by atoms with Gasteiger partial charge in [-0.2, -0.15) is 5.26 Å². The zero-order valence-corrected chi connectivity index (χ0v) is 11.1. The van der Waals surface area contributed by atoms with E-state index in [0.717, 1.165) is 23.2 Å². The fraction of sp³-hybridized carbons (Fsp3) is 0.417. The van der Waals surface area contributed by atoms with Crippen LogP contribution in [-0.4, -0.2) is 19.1 Å². The molecule has 3 nitrogen and oxygen atoms in total. The summed E-state index contributed by atoms with van der Waals surface area (Å²) < 4.78 is 0.978. The van der Waals surface area contributed by atoms with Crippen molar-refractivity contribution in [3.63, 3.8) is 0 Å². The molecule has 0 atom stereocenters. The van der Waals surface area contributed by atoms with Crippen LogP contribution >= 0.6 is 15.9 Å². The summed E-state index contributed by atoms with van der Waals surface area (Å²) in [5.41, 5.74) is 1.55. The van der Waals surface area contributed by atoms with Crippen molar-refractivity contribution >= 4 is 21.6 Å². The molecule has 0 saturated heterocycles. The molecule has 1 aromatic carbocycles. The van der Waals surface area contributed by atoms with Crippen LogP contribution in [0.5, 0.6) is 0 Å². The third kappa shape index (κ3) is 4.21. The Kier molecular flexibility index (Phi) is 5.30. The number of nitrogens with one attached hydrogen (secondary N) is 2. The molecule has 1 rings (SSSR count). The van der Waals surface area contributed by atoms with E-state index in [2.05, 4.69) is 46.5 Å². The van der Waals surface area contributed by atoms with Crippen molar-refractivity contribution in [3.8, 4) is 6.07 Å². The van der Waals surface area contributed by atoms with Gasteiger partial charge in [-0.3, -0.25) is 0 Å². The van der Waals surface area contributed by atoms with Crippen LogP contribution in [0.2, 0.25) is 0 Å². The number of nitrogens with zero attached hydrogens (tertiary/aromatic N) is 1. The lowest BCUT2D eigenvalue weighted by molar-refractivity contribution is 0.602. The predicted molar refractivity (Wildman–Crippen MR) is 70.5 cm³/mol. The molecule has 4 heteroatoms. The van der Waals surface area contributed by atoms with Gasteiger partial charge in [0.1, 0.15) is 6.07 Å². The molecule has 0 aromatic heterocycles. The van der Waals surface area contributed by atoms with E-state index in [1.807, 2.05) is 18.2 Å². The molecule has 0 spiro atoms. The summed E-state index contributed by atoms with van der Waals surface area (Å²) in [6, 6.07) is 8.26. The third-order valence-electron chi connectivity index (χ3n) is 2.10. The van der Waals surface area contributed by atoms with Gasteiger partial charge in [-0.25, -0.2) is 0 Å². The Bertz CT molecular complexity index is 382. The van der Waals surface area contributed by atoms with Gasteiger partial charge in [0.2, 0.25) is 0 Å². The highest BCUT2D eigenvalue weighted by Crippen LogP contribution is 2.20. The van der Waals surface area contributed by atoms with E-state index in [1.165, 1.54) is 0 Å². The van der Waals surface area contributed by atoms with Crippen LogP contribution in [-0.2, 0) is 0 Å². The zero-order chi connectivity index (χ0) is 12.0. The van der Waals surface area contributed by atoms with E-state index in [9.17, 15) is 0 Å². The first-order valence-corrected chi connectivity index (χ1v) is 6.09. The average Bonchev–Trinajstić information content (AvgIpc) is 2.24. The van der Waals surface area contributed by atoms with Crippen LogP contribution in [0.25, 0.3) is 0 Å². The van der Waals surface area contributed by atoms with Crippen LogP contribution in [0.3, 0.4) is 0 Å². The summed E-state index contributed by atoms with van der Waals surface area (Å²) in [6.45, 7) is 5.91. The molecule has 1 aromatic rings. The Labute approximate surface area is 105 Å². The number of nitriles is 1. The maximum Gasteiger partial charge on any atom is 0.101 e. The summed E-state index contributed by atoms with van der Waals surface area (Å²) in [4.78, 5) is 0. The van der Waals surface area contributed by atoms with Gasteiger partial charge in [-0.15, -0.1) is 0 Å². The molecule has 0 saturated carbocycles. The second kappa shape index (κ2) is 6.51. The maximum atomic E-state index is 8.93. The van der Waals surface area contributed by atoms with Gasteiger partial charge in [-0.05, 0) is 18.2 Å². The van der Waals surface area contributed by atoms with Crippen molar-refractivity contribution in [3.05, 3.63) is 28.2 Å². The molecule has 0 fully saturated rings. The van der Waals surface area contributed by atoms with Crippen molar-refractivity contribution in [2.75, 3.05) is 18.4 Å². The van der Waals surface area contributed by atoms with E-state index in [4.69, 9.17) is 5.26 Å². The van der Waals surface area contributed by atoms with Gasteiger partial charge in [0, 0.05) is 23.6 Å². The lowest BCUT2D eigenvalue weighted by Gasteiger charge is -2.11. The first kappa shape index (κ1) is 13.0. The predicted octanol–water partition coefficient (Wildman–Crippen LogP) is 2.73. The van der Waals surface area contributed by atoms with Gasteiger partial charge in [0.05, 0.1) is 11.3 Å².